The number of benzene rings is 1. The van der Waals surface area contributed by atoms with E-state index in [1.165, 1.54) is 0 Å². The number of carboxylic acid groups (broad SMARTS) is 1. The van der Waals surface area contributed by atoms with Crippen LogP contribution in [0.1, 0.15) is 17.2 Å². The molecule has 1 aromatic carbocycles. The number of aliphatic carboxylic acids is 1. The third kappa shape index (κ3) is 1.69. The number of nitrogens with zero attached hydrogens (tertiary/aromatic N) is 1. The Morgan fingerprint density at radius 3 is 2.89 bits per heavy atom. The summed E-state index contributed by atoms with van der Waals surface area (Å²) in [4.78, 5) is 11.3. The largest absolute Gasteiger partial charge is 0.481 e. The molecule has 1 aliphatic heterocycles. The van der Waals surface area contributed by atoms with E-state index in [4.69, 9.17) is 0 Å². The second-order valence-corrected chi connectivity index (χ2v) is 4.46. The number of aryl methyl sites for hydroxylation is 1. The molecule has 0 spiro atoms. The summed E-state index contributed by atoms with van der Waals surface area (Å²) in [7, 11) is 1.99. The number of rotatable bonds is 1. The Balaban J connectivity index is 0.00000120. The summed E-state index contributed by atoms with van der Waals surface area (Å²) < 4.78 is 2.09. The number of hydrogen-bond donors (Lipinski definition) is 2. The van der Waals surface area contributed by atoms with Gasteiger partial charge in [0, 0.05) is 36.7 Å². The molecule has 0 fully saturated rings. The molecule has 0 saturated carbocycles. The second-order valence-electron chi connectivity index (χ2n) is 4.46. The number of nitrogens with one attached hydrogen (secondary N) is 1. The fourth-order valence-corrected chi connectivity index (χ4v) is 2.73. The summed E-state index contributed by atoms with van der Waals surface area (Å²) in [6.45, 7) is 1.25. The first-order chi connectivity index (χ1) is 8.20. The zero-order valence-electron chi connectivity index (χ0n) is 10.0. The Morgan fingerprint density at radius 1 is 1.44 bits per heavy atom. The van der Waals surface area contributed by atoms with Gasteiger partial charge < -0.3 is 15.0 Å². The van der Waals surface area contributed by atoms with Crippen molar-refractivity contribution in [3.63, 3.8) is 0 Å². The van der Waals surface area contributed by atoms with Crippen molar-refractivity contribution in [3.05, 3.63) is 35.5 Å². The minimum absolute atomic E-state index is 0. The number of carboxylic acids is 1. The molecule has 5 heteroatoms. The van der Waals surface area contributed by atoms with Crippen LogP contribution in [-0.2, 0) is 18.4 Å². The molecule has 96 valence electrons. The van der Waals surface area contributed by atoms with Crippen molar-refractivity contribution in [2.75, 3.05) is 6.54 Å². The molecule has 0 amide bonds. The Labute approximate surface area is 111 Å². The fraction of sp³-hybridized carbons (Fsp3) is 0.308. The maximum Gasteiger partial charge on any atom is 0.312 e. The summed E-state index contributed by atoms with van der Waals surface area (Å²) in [6.07, 6.45) is 0. The molecule has 3 rings (SSSR count). The number of carbonyl (C=O) groups is 1. The van der Waals surface area contributed by atoms with Crippen molar-refractivity contribution in [2.24, 2.45) is 7.05 Å². The van der Waals surface area contributed by atoms with Crippen LogP contribution in [0.5, 0.6) is 0 Å². The lowest BCUT2D eigenvalue weighted by atomic mass is 9.93. The van der Waals surface area contributed by atoms with E-state index in [0.29, 0.717) is 6.54 Å². The fourth-order valence-electron chi connectivity index (χ4n) is 2.73. The van der Waals surface area contributed by atoms with E-state index in [9.17, 15) is 9.90 Å². The van der Waals surface area contributed by atoms with E-state index in [0.717, 1.165) is 28.7 Å². The third-order valence-electron chi connectivity index (χ3n) is 3.56. The highest BCUT2D eigenvalue weighted by Gasteiger charge is 2.30. The molecule has 0 bridgehead atoms. The van der Waals surface area contributed by atoms with Crippen LogP contribution in [0.3, 0.4) is 0 Å². The number of aromatic nitrogens is 1. The average Bonchev–Trinajstić information content (AvgIpc) is 2.64. The molecule has 0 aliphatic carbocycles. The molecule has 1 atom stereocenters. The predicted octanol–water partition coefficient (Wildman–Crippen LogP) is 1.87. The van der Waals surface area contributed by atoms with E-state index in [2.05, 4.69) is 9.88 Å². The van der Waals surface area contributed by atoms with Gasteiger partial charge in [-0.2, -0.15) is 0 Å². The SMILES string of the molecule is Cl.Cn1c2c(c3ccccc31)C(C(=O)O)CNC2. The van der Waals surface area contributed by atoms with Crippen molar-refractivity contribution in [3.8, 4) is 0 Å². The van der Waals surface area contributed by atoms with E-state index in [1.807, 2.05) is 31.3 Å². The number of hydrogen-bond acceptors (Lipinski definition) is 2. The van der Waals surface area contributed by atoms with Crippen LogP contribution in [0, 0.1) is 0 Å². The van der Waals surface area contributed by atoms with Gasteiger partial charge in [-0.3, -0.25) is 4.79 Å². The van der Waals surface area contributed by atoms with Crippen LogP contribution >= 0.6 is 12.4 Å². The lowest BCUT2D eigenvalue weighted by Crippen LogP contribution is -2.33. The molecule has 2 aromatic rings. The predicted molar refractivity (Wildman–Crippen MR) is 72.3 cm³/mol. The van der Waals surface area contributed by atoms with Crippen molar-refractivity contribution in [1.29, 1.82) is 0 Å². The Morgan fingerprint density at radius 2 is 2.17 bits per heavy atom. The molecule has 0 radical (unpaired) electrons. The highest BCUT2D eigenvalue weighted by Crippen LogP contribution is 2.33. The molecule has 18 heavy (non-hydrogen) atoms. The number of fused-ring (bicyclic) bond motifs is 3. The molecule has 1 aliphatic rings. The highest BCUT2D eigenvalue weighted by molar-refractivity contribution is 5.91. The Bertz CT molecular complexity index is 606. The summed E-state index contributed by atoms with van der Waals surface area (Å²) in [5.41, 5.74) is 3.17. The van der Waals surface area contributed by atoms with Gasteiger partial charge in [-0.25, -0.2) is 0 Å². The minimum atomic E-state index is -0.755. The molecule has 2 heterocycles. The van der Waals surface area contributed by atoms with Crippen molar-refractivity contribution in [1.82, 2.24) is 9.88 Å². The Kier molecular flexibility index (Phi) is 3.32. The van der Waals surface area contributed by atoms with Crippen LogP contribution in [0.15, 0.2) is 24.3 Å². The maximum absolute atomic E-state index is 11.3. The number of halogens is 1. The third-order valence-corrected chi connectivity index (χ3v) is 3.56. The van der Waals surface area contributed by atoms with Crippen molar-refractivity contribution >= 4 is 29.3 Å². The minimum Gasteiger partial charge on any atom is -0.481 e. The van der Waals surface area contributed by atoms with Gasteiger partial charge in [0.25, 0.3) is 0 Å². The molecule has 0 saturated heterocycles. The van der Waals surface area contributed by atoms with E-state index in [1.54, 1.807) is 0 Å². The van der Waals surface area contributed by atoms with Gasteiger partial charge in [0.1, 0.15) is 0 Å². The monoisotopic (exact) mass is 266 g/mol. The van der Waals surface area contributed by atoms with Crippen LogP contribution in [0.2, 0.25) is 0 Å². The molecule has 1 unspecified atom stereocenters. The normalized spacial score (nSPS) is 18.2. The van der Waals surface area contributed by atoms with Gasteiger partial charge in [0.2, 0.25) is 0 Å². The van der Waals surface area contributed by atoms with Gasteiger partial charge in [0.05, 0.1) is 5.92 Å². The lowest BCUT2D eigenvalue weighted by molar-refractivity contribution is -0.138. The molecule has 4 nitrogen and oxygen atoms in total. The van der Waals surface area contributed by atoms with Gasteiger partial charge in [-0.05, 0) is 11.6 Å². The lowest BCUT2D eigenvalue weighted by Gasteiger charge is -2.21. The Hall–Kier alpha value is -1.52. The van der Waals surface area contributed by atoms with E-state index >= 15 is 0 Å². The van der Waals surface area contributed by atoms with Crippen LogP contribution in [0.25, 0.3) is 10.9 Å². The molecular weight excluding hydrogens is 252 g/mol. The van der Waals surface area contributed by atoms with Crippen molar-refractivity contribution < 1.29 is 9.90 Å². The summed E-state index contributed by atoms with van der Waals surface area (Å²) in [5, 5.41) is 13.5. The van der Waals surface area contributed by atoms with Gasteiger partial charge in [0.15, 0.2) is 0 Å². The highest BCUT2D eigenvalue weighted by atomic mass is 35.5. The second kappa shape index (κ2) is 4.63. The molecule has 2 N–H and O–H groups in total. The first-order valence-electron chi connectivity index (χ1n) is 5.70. The number of para-hydroxylation sites is 1. The first-order valence-corrected chi connectivity index (χ1v) is 5.70. The maximum atomic E-state index is 11.3. The van der Waals surface area contributed by atoms with Gasteiger partial charge in [-0.1, -0.05) is 18.2 Å². The summed E-state index contributed by atoms with van der Waals surface area (Å²) >= 11 is 0. The molecule has 1 aromatic heterocycles. The van der Waals surface area contributed by atoms with Crippen LogP contribution < -0.4 is 5.32 Å². The summed E-state index contributed by atoms with van der Waals surface area (Å²) in [6, 6.07) is 7.99. The summed E-state index contributed by atoms with van der Waals surface area (Å²) in [5.74, 6) is -1.19. The van der Waals surface area contributed by atoms with Crippen molar-refractivity contribution in [2.45, 2.75) is 12.5 Å². The zero-order chi connectivity index (χ0) is 12.0. The topological polar surface area (TPSA) is 54.3 Å². The van der Waals surface area contributed by atoms with Crippen LogP contribution in [0.4, 0.5) is 0 Å². The smallest absolute Gasteiger partial charge is 0.312 e. The quantitative estimate of drug-likeness (QED) is 0.829. The average molecular weight is 267 g/mol. The van der Waals surface area contributed by atoms with Gasteiger partial charge in [-0.15, -0.1) is 12.4 Å². The van der Waals surface area contributed by atoms with Crippen LogP contribution in [-0.4, -0.2) is 22.2 Å². The standard InChI is InChI=1S/C13H14N2O2.ClH/c1-15-10-5-3-2-4-8(10)12-9(13(16)17)6-14-7-11(12)15;/h2-5,9,14H,6-7H2,1H3,(H,16,17);1H. The molecular formula is C13H15ClN2O2. The van der Waals surface area contributed by atoms with E-state index < -0.39 is 11.9 Å². The van der Waals surface area contributed by atoms with E-state index in [-0.39, 0.29) is 12.4 Å². The first kappa shape index (κ1) is 12.9. The zero-order valence-corrected chi connectivity index (χ0v) is 10.8. The van der Waals surface area contributed by atoms with Gasteiger partial charge >= 0.3 is 5.97 Å².